The van der Waals surface area contributed by atoms with Crippen molar-refractivity contribution in [3.05, 3.63) is 78.1 Å². The molecule has 11 heteroatoms. The van der Waals surface area contributed by atoms with Crippen molar-refractivity contribution >= 4 is 40.8 Å². The summed E-state index contributed by atoms with van der Waals surface area (Å²) in [4.78, 5) is 19.9. The van der Waals surface area contributed by atoms with E-state index in [1.165, 1.54) is 12.3 Å². The third kappa shape index (κ3) is 4.37. The van der Waals surface area contributed by atoms with Crippen molar-refractivity contribution in [1.29, 1.82) is 0 Å². The van der Waals surface area contributed by atoms with Crippen molar-refractivity contribution in [2.75, 3.05) is 10.7 Å². The molecule has 0 fully saturated rings. The lowest BCUT2D eigenvalue weighted by Crippen LogP contribution is -2.03. The molecule has 5 rings (SSSR count). The number of benzene rings is 2. The SMILES string of the molecule is O=C(O)c1cccc(-c2ccc(C=NNc3nc4nonc4nc3Nc3ccccc3)o2)c1. The van der Waals surface area contributed by atoms with Gasteiger partial charge in [0.25, 0.3) is 0 Å². The van der Waals surface area contributed by atoms with Crippen LogP contribution in [-0.4, -0.2) is 37.6 Å². The molecule has 3 N–H and O–H groups in total. The number of para-hydroxylation sites is 1. The number of hydrogen-bond acceptors (Lipinski definition) is 10. The maximum atomic E-state index is 11.2. The number of anilines is 3. The average Bonchev–Trinajstić information content (AvgIpc) is 3.49. The molecule has 0 unspecified atom stereocenters. The van der Waals surface area contributed by atoms with Crippen LogP contribution in [0.25, 0.3) is 22.6 Å². The molecule has 2 aromatic carbocycles. The average molecular weight is 441 g/mol. The summed E-state index contributed by atoms with van der Waals surface area (Å²) in [7, 11) is 0. The number of nitrogens with zero attached hydrogens (tertiary/aromatic N) is 5. The van der Waals surface area contributed by atoms with Crippen LogP contribution in [0.1, 0.15) is 16.1 Å². The number of carboxylic acid groups (broad SMARTS) is 1. The number of carbonyl (C=O) groups is 1. The number of aromatic carboxylic acids is 1. The summed E-state index contributed by atoms with van der Waals surface area (Å²) in [6, 6.07) is 19.4. The number of rotatable bonds is 7. The standard InChI is InChI=1S/C22H15N7O4/c30-22(31)14-6-4-5-13(11-14)17-10-9-16(32-17)12-23-27-19-18(24-15-7-2-1-3-8-15)25-20-21(26-19)29-33-28-20/h1-12H,(H,30,31)(H,24,25,28)(H,26,27,29). The van der Waals surface area contributed by atoms with Crippen LogP contribution in [0.15, 0.2) is 80.9 Å². The van der Waals surface area contributed by atoms with E-state index in [4.69, 9.17) is 14.2 Å². The first-order chi connectivity index (χ1) is 16.2. The van der Waals surface area contributed by atoms with Gasteiger partial charge in [0.2, 0.25) is 11.3 Å². The van der Waals surface area contributed by atoms with E-state index in [-0.39, 0.29) is 16.9 Å². The normalized spacial score (nSPS) is 11.2. The van der Waals surface area contributed by atoms with Gasteiger partial charge >= 0.3 is 5.97 Å². The van der Waals surface area contributed by atoms with Gasteiger partial charge in [0.05, 0.1) is 11.8 Å². The van der Waals surface area contributed by atoms with Crippen molar-refractivity contribution in [2.45, 2.75) is 0 Å². The Morgan fingerprint density at radius 1 is 0.939 bits per heavy atom. The van der Waals surface area contributed by atoms with Crippen molar-refractivity contribution < 1.29 is 18.9 Å². The molecule has 0 atom stereocenters. The Balaban J connectivity index is 1.36. The lowest BCUT2D eigenvalue weighted by atomic mass is 10.1. The van der Waals surface area contributed by atoms with Crippen LogP contribution in [-0.2, 0) is 0 Å². The van der Waals surface area contributed by atoms with Gasteiger partial charge in [0.1, 0.15) is 11.5 Å². The molecule has 162 valence electrons. The fourth-order valence-corrected chi connectivity index (χ4v) is 3.00. The van der Waals surface area contributed by atoms with Crippen LogP contribution in [0.4, 0.5) is 17.3 Å². The highest BCUT2D eigenvalue weighted by Crippen LogP contribution is 2.25. The molecule has 0 saturated heterocycles. The fraction of sp³-hybridized carbons (Fsp3) is 0. The molecular weight excluding hydrogens is 426 g/mol. The van der Waals surface area contributed by atoms with Crippen molar-refractivity contribution in [2.24, 2.45) is 5.10 Å². The Hall–Kier alpha value is -5.06. The number of furan rings is 1. The van der Waals surface area contributed by atoms with Gasteiger partial charge in [0.15, 0.2) is 11.6 Å². The van der Waals surface area contributed by atoms with E-state index >= 15 is 0 Å². The molecule has 0 aliphatic rings. The van der Waals surface area contributed by atoms with Gasteiger partial charge in [-0.05, 0) is 46.7 Å². The molecule has 3 heterocycles. The molecule has 3 aromatic heterocycles. The largest absolute Gasteiger partial charge is 0.478 e. The Labute approximate surface area is 185 Å². The Kier molecular flexibility index (Phi) is 5.17. The van der Waals surface area contributed by atoms with Gasteiger partial charge < -0.3 is 14.8 Å². The van der Waals surface area contributed by atoms with E-state index in [1.807, 2.05) is 30.3 Å². The second-order valence-electron chi connectivity index (χ2n) is 6.78. The van der Waals surface area contributed by atoms with Crippen molar-refractivity contribution in [3.63, 3.8) is 0 Å². The summed E-state index contributed by atoms with van der Waals surface area (Å²) in [5, 5.41) is 23.9. The first-order valence-electron chi connectivity index (χ1n) is 9.71. The van der Waals surface area contributed by atoms with Crippen LogP contribution in [0.3, 0.4) is 0 Å². The summed E-state index contributed by atoms with van der Waals surface area (Å²) in [5.41, 5.74) is 4.92. The molecule has 0 spiro atoms. The number of nitrogens with one attached hydrogen (secondary N) is 2. The maximum Gasteiger partial charge on any atom is 0.335 e. The fourth-order valence-electron chi connectivity index (χ4n) is 3.00. The molecular formula is C22H15N7O4. The zero-order valence-corrected chi connectivity index (χ0v) is 16.8. The minimum Gasteiger partial charge on any atom is -0.478 e. The highest BCUT2D eigenvalue weighted by atomic mass is 16.6. The maximum absolute atomic E-state index is 11.2. The summed E-state index contributed by atoms with van der Waals surface area (Å²) in [6.45, 7) is 0. The predicted molar refractivity (Wildman–Crippen MR) is 119 cm³/mol. The molecule has 5 aromatic rings. The molecule has 33 heavy (non-hydrogen) atoms. The summed E-state index contributed by atoms with van der Waals surface area (Å²) >= 11 is 0. The van der Waals surface area contributed by atoms with Crippen LogP contribution in [0.2, 0.25) is 0 Å². The highest BCUT2D eigenvalue weighted by molar-refractivity contribution is 5.89. The highest BCUT2D eigenvalue weighted by Gasteiger charge is 2.13. The lowest BCUT2D eigenvalue weighted by molar-refractivity contribution is 0.0697. The Morgan fingerprint density at radius 3 is 2.52 bits per heavy atom. The first-order valence-corrected chi connectivity index (χ1v) is 9.71. The number of hydrogen-bond donors (Lipinski definition) is 3. The molecule has 0 amide bonds. The van der Waals surface area contributed by atoms with E-state index in [0.29, 0.717) is 28.7 Å². The smallest absolute Gasteiger partial charge is 0.335 e. The van der Waals surface area contributed by atoms with E-state index in [0.717, 1.165) is 5.69 Å². The van der Waals surface area contributed by atoms with Crippen LogP contribution >= 0.6 is 0 Å². The second kappa shape index (κ2) is 8.59. The predicted octanol–water partition coefficient (Wildman–Crippen LogP) is 4.16. The van der Waals surface area contributed by atoms with Crippen molar-refractivity contribution in [3.8, 4) is 11.3 Å². The Bertz CT molecular complexity index is 1460. The van der Waals surface area contributed by atoms with Gasteiger partial charge in [0, 0.05) is 11.3 Å². The molecule has 0 aliphatic heterocycles. The molecule has 0 radical (unpaired) electrons. The summed E-state index contributed by atoms with van der Waals surface area (Å²) < 4.78 is 10.5. The quantitative estimate of drug-likeness (QED) is 0.248. The number of hydrazone groups is 1. The monoisotopic (exact) mass is 441 g/mol. The zero-order chi connectivity index (χ0) is 22.6. The minimum atomic E-state index is -1.00. The molecule has 0 bridgehead atoms. The second-order valence-corrected chi connectivity index (χ2v) is 6.78. The number of aromatic nitrogens is 4. The van der Waals surface area contributed by atoms with E-state index in [9.17, 15) is 4.79 Å². The van der Waals surface area contributed by atoms with Gasteiger partial charge in [-0.2, -0.15) is 10.1 Å². The van der Waals surface area contributed by atoms with Gasteiger partial charge in [-0.15, -0.1) is 0 Å². The first kappa shape index (κ1) is 19.9. The van der Waals surface area contributed by atoms with E-state index in [1.54, 1.807) is 30.3 Å². The van der Waals surface area contributed by atoms with Gasteiger partial charge in [-0.25, -0.2) is 14.4 Å². The molecule has 11 nitrogen and oxygen atoms in total. The number of carboxylic acids is 1. The van der Waals surface area contributed by atoms with Gasteiger partial charge in [-0.3, -0.25) is 5.43 Å². The zero-order valence-electron chi connectivity index (χ0n) is 16.8. The van der Waals surface area contributed by atoms with E-state index in [2.05, 4.69) is 36.1 Å². The summed E-state index contributed by atoms with van der Waals surface area (Å²) in [5.74, 6) is 0.648. The molecule has 0 saturated carbocycles. The third-order valence-electron chi connectivity index (χ3n) is 4.53. The minimum absolute atomic E-state index is 0.176. The van der Waals surface area contributed by atoms with E-state index < -0.39 is 5.97 Å². The van der Waals surface area contributed by atoms with Crippen LogP contribution < -0.4 is 10.7 Å². The topological polar surface area (TPSA) is 152 Å². The summed E-state index contributed by atoms with van der Waals surface area (Å²) in [6.07, 6.45) is 1.46. The van der Waals surface area contributed by atoms with Crippen LogP contribution in [0.5, 0.6) is 0 Å². The van der Waals surface area contributed by atoms with Gasteiger partial charge in [-0.1, -0.05) is 30.3 Å². The molecule has 0 aliphatic carbocycles. The Morgan fingerprint density at radius 2 is 1.73 bits per heavy atom. The third-order valence-corrected chi connectivity index (χ3v) is 4.53. The van der Waals surface area contributed by atoms with Crippen LogP contribution in [0, 0.1) is 0 Å². The lowest BCUT2D eigenvalue weighted by Gasteiger charge is -2.08. The van der Waals surface area contributed by atoms with Crippen molar-refractivity contribution in [1.82, 2.24) is 20.3 Å². The number of fused-ring (bicyclic) bond motifs is 1.